The van der Waals surface area contributed by atoms with Gasteiger partial charge in [-0.25, -0.2) is 0 Å². The second kappa shape index (κ2) is 7.10. The maximum atomic E-state index is 6.92. The summed E-state index contributed by atoms with van der Waals surface area (Å²) >= 11 is 0. The van der Waals surface area contributed by atoms with Gasteiger partial charge in [-0.3, -0.25) is 0 Å². The van der Waals surface area contributed by atoms with Gasteiger partial charge in [-0.15, -0.1) is 0 Å². The molecule has 0 unspecified atom stereocenters. The van der Waals surface area contributed by atoms with Gasteiger partial charge in [0.05, 0.1) is 0 Å². The minimum atomic E-state index is 0. The van der Waals surface area contributed by atoms with Crippen molar-refractivity contribution in [1.29, 1.82) is 0 Å². The van der Waals surface area contributed by atoms with E-state index >= 15 is 0 Å². The van der Waals surface area contributed by atoms with Gasteiger partial charge >= 0.3 is 0 Å². The van der Waals surface area contributed by atoms with Crippen molar-refractivity contribution in [3.8, 4) is 0 Å². The molecule has 0 aliphatic heterocycles. The van der Waals surface area contributed by atoms with Gasteiger partial charge in [-0.2, -0.15) is 19.7 Å². The molecule has 1 heteroatoms. The van der Waals surface area contributed by atoms with Crippen molar-refractivity contribution in [3.63, 3.8) is 0 Å². The third-order valence-corrected chi connectivity index (χ3v) is 1.000. The molecule has 0 atom stereocenters. The first-order valence-corrected chi connectivity index (χ1v) is 2.47. The maximum absolute atomic E-state index is 6.92. The van der Waals surface area contributed by atoms with E-state index in [0.717, 1.165) is 12.8 Å². The Morgan fingerprint density at radius 1 is 1.43 bits per heavy atom. The van der Waals surface area contributed by atoms with Gasteiger partial charge in [0.15, 0.2) is 0 Å². The van der Waals surface area contributed by atoms with Crippen LogP contribution >= 0.6 is 0 Å². The van der Waals surface area contributed by atoms with Gasteiger partial charge in [0.1, 0.15) is 0 Å². The molecular formula is C6H13Y-. The van der Waals surface area contributed by atoms with Gasteiger partial charge in [-0.05, 0) is 1.37 Å². The predicted octanol–water partition coefficient (Wildman–Crippen LogP) is 2.40. The van der Waals surface area contributed by atoms with Crippen LogP contribution in [0.25, 0.3) is 0 Å². The van der Waals surface area contributed by atoms with E-state index in [1.54, 1.807) is 0 Å². The van der Waals surface area contributed by atoms with Gasteiger partial charge in [0, 0.05) is 32.7 Å². The summed E-state index contributed by atoms with van der Waals surface area (Å²) in [6.45, 7) is 4.73. The molecule has 0 fully saturated rings. The SMILES string of the molecule is [2H]C[C-](CC)CC.[Y]. The van der Waals surface area contributed by atoms with Crippen LogP contribution in [-0.4, -0.2) is 0 Å². The van der Waals surface area contributed by atoms with Crippen molar-refractivity contribution in [1.82, 2.24) is 0 Å². The first-order chi connectivity index (χ1) is 3.35. The van der Waals surface area contributed by atoms with Crippen molar-refractivity contribution >= 4 is 0 Å². The normalized spacial score (nSPS) is 10.4. The third-order valence-electron chi connectivity index (χ3n) is 1.000. The third kappa shape index (κ3) is 7.10. The summed E-state index contributed by atoms with van der Waals surface area (Å²) < 4.78 is 6.92. The molecule has 41 valence electrons. The van der Waals surface area contributed by atoms with Gasteiger partial charge in [-0.1, -0.05) is 13.8 Å². The minimum absolute atomic E-state index is 0. The van der Waals surface area contributed by atoms with Crippen LogP contribution in [0.3, 0.4) is 0 Å². The molecule has 0 aliphatic carbocycles. The van der Waals surface area contributed by atoms with Gasteiger partial charge in [0.2, 0.25) is 0 Å². The van der Waals surface area contributed by atoms with Crippen LogP contribution in [-0.2, 0) is 32.7 Å². The molecule has 7 heavy (non-hydrogen) atoms. The zero-order valence-corrected chi connectivity index (χ0v) is 8.04. The Morgan fingerprint density at radius 2 is 1.86 bits per heavy atom. The fourth-order valence-electron chi connectivity index (χ4n) is 0.250. The van der Waals surface area contributed by atoms with Crippen LogP contribution in [0.4, 0.5) is 0 Å². The Bertz CT molecular complexity index is 30.0. The summed E-state index contributed by atoms with van der Waals surface area (Å²) in [4.78, 5) is 0. The van der Waals surface area contributed by atoms with Crippen LogP contribution < -0.4 is 0 Å². The smallest absolute Gasteiger partial charge is 0 e. The Hall–Kier alpha value is 1.10. The second-order valence-electron chi connectivity index (χ2n) is 1.46. The zero-order chi connectivity index (χ0) is 5.70. The Balaban J connectivity index is 0. The van der Waals surface area contributed by atoms with E-state index in [4.69, 9.17) is 1.37 Å². The summed E-state index contributed by atoms with van der Waals surface area (Å²) in [6.07, 6.45) is 2.17. The van der Waals surface area contributed by atoms with Crippen molar-refractivity contribution in [2.75, 3.05) is 0 Å². The first kappa shape index (κ1) is 8.10. The van der Waals surface area contributed by atoms with E-state index in [2.05, 4.69) is 13.8 Å². The van der Waals surface area contributed by atoms with E-state index in [1.165, 1.54) is 5.92 Å². The molecule has 0 aliphatic rings. The van der Waals surface area contributed by atoms with E-state index in [1.807, 2.05) is 0 Å². The molecule has 0 saturated heterocycles. The second-order valence-corrected chi connectivity index (χ2v) is 1.46. The summed E-state index contributed by atoms with van der Waals surface area (Å²) in [7, 11) is 0. The molecule has 0 rings (SSSR count). The van der Waals surface area contributed by atoms with E-state index in [0.29, 0.717) is 6.90 Å². The largest absolute Gasteiger partial charge is 0.317 e. The minimum Gasteiger partial charge on any atom is -0.317 e. The molecule has 0 nitrogen and oxygen atoms in total. The molecule has 0 bridgehead atoms. The summed E-state index contributed by atoms with van der Waals surface area (Å²) in [5, 5.41) is 0. The van der Waals surface area contributed by atoms with Crippen LogP contribution in [0.5, 0.6) is 0 Å². The van der Waals surface area contributed by atoms with Gasteiger partial charge < -0.3 is 5.92 Å². The molecule has 0 aromatic carbocycles. The summed E-state index contributed by atoms with van der Waals surface area (Å²) in [5.74, 6) is 1.35. The fourth-order valence-corrected chi connectivity index (χ4v) is 0.250. The molecule has 0 aromatic heterocycles. The molecular weight excluding hydrogens is 161 g/mol. The van der Waals surface area contributed by atoms with Crippen molar-refractivity contribution in [2.45, 2.75) is 33.6 Å². The summed E-state index contributed by atoms with van der Waals surface area (Å²) in [5.41, 5.74) is 0. The number of rotatable bonds is 2. The van der Waals surface area contributed by atoms with Gasteiger partial charge in [0.25, 0.3) is 0 Å². The number of hydrogen-bond acceptors (Lipinski definition) is 0. The first-order valence-electron chi connectivity index (χ1n) is 3.18. The average Bonchev–Trinajstić information content (AvgIpc) is 1.72. The van der Waals surface area contributed by atoms with Crippen LogP contribution in [0.2, 0.25) is 0 Å². The van der Waals surface area contributed by atoms with Crippen molar-refractivity contribution in [3.05, 3.63) is 5.92 Å². The average molecular weight is 175 g/mol. The molecule has 0 saturated carbocycles. The molecule has 0 N–H and O–H groups in total. The molecule has 0 spiro atoms. The van der Waals surface area contributed by atoms with E-state index in [9.17, 15) is 0 Å². The Kier molecular flexibility index (Phi) is 8.22. The van der Waals surface area contributed by atoms with E-state index < -0.39 is 0 Å². The van der Waals surface area contributed by atoms with Crippen molar-refractivity contribution in [2.24, 2.45) is 0 Å². The van der Waals surface area contributed by atoms with E-state index in [-0.39, 0.29) is 32.7 Å². The topological polar surface area (TPSA) is 0 Å². The molecule has 0 amide bonds. The Labute approximate surface area is 73.4 Å². The standard InChI is InChI=1S/C6H13.Y/c1-4-6(3)5-2;/h4-5H2,1-3H3;/q-1;/i3D;. The molecule has 0 heterocycles. The Morgan fingerprint density at radius 3 is 1.86 bits per heavy atom. The van der Waals surface area contributed by atoms with Crippen LogP contribution in [0, 0.1) is 5.92 Å². The van der Waals surface area contributed by atoms with Crippen molar-refractivity contribution < 1.29 is 34.1 Å². The zero-order valence-electron chi connectivity index (χ0n) is 6.20. The molecule has 0 aromatic rings. The maximum Gasteiger partial charge on any atom is 0 e. The molecule has 1 radical (unpaired) electrons. The van der Waals surface area contributed by atoms with Crippen LogP contribution in [0.1, 0.15) is 35.0 Å². The number of hydrogen-bond donors (Lipinski definition) is 0. The van der Waals surface area contributed by atoms with Crippen LogP contribution in [0.15, 0.2) is 0 Å². The predicted molar refractivity (Wildman–Crippen MR) is 29.5 cm³/mol. The fraction of sp³-hybridized carbons (Fsp3) is 0.833. The summed E-state index contributed by atoms with van der Waals surface area (Å²) in [6, 6.07) is 0. The monoisotopic (exact) mass is 175 g/mol. The quantitative estimate of drug-likeness (QED) is 0.565.